The lowest BCUT2D eigenvalue weighted by atomic mass is 10.1. The van der Waals surface area contributed by atoms with E-state index in [0.717, 1.165) is 36.6 Å². The molecule has 0 aliphatic rings. The average molecular weight is 293 g/mol. The Morgan fingerprint density at radius 1 is 1.30 bits per heavy atom. The van der Waals surface area contributed by atoms with Crippen LogP contribution in [0.25, 0.3) is 0 Å². The lowest BCUT2D eigenvalue weighted by molar-refractivity contribution is -0.672. The molecule has 3 nitrogen and oxygen atoms in total. The molecule has 0 aliphatic heterocycles. The molecule has 0 saturated heterocycles. The zero-order chi connectivity index (χ0) is 14.2. The number of allylic oxidation sites excluding steroid dienone is 1. The van der Waals surface area contributed by atoms with Gasteiger partial charge >= 0.3 is 0 Å². The highest BCUT2D eigenvalue weighted by molar-refractivity contribution is 6.32. The van der Waals surface area contributed by atoms with Crippen molar-refractivity contribution in [3.05, 3.63) is 65.6 Å². The predicted molar refractivity (Wildman–Crippen MR) is 80.1 cm³/mol. The van der Waals surface area contributed by atoms with Crippen LogP contribution in [-0.4, -0.2) is 13.2 Å². The highest BCUT2D eigenvalue weighted by atomic mass is 35.5. The van der Waals surface area contributed by atoms with Crippen LogP contribution in [0.4, 0.5) is 0 Å². The zero-order valence-electron chi connectivity index (χ0n) is 11.3. The molecule has 0 saturated carbocycles. The van der Waals surface area contributed by atoms with Crippen molar-refractivity contribution in [2.24, 2.45) is 0 Å². The number of quaternary nitrogens is 1. The second-order valence-corrected chi connectivity index (χ2v) is 4.84. The van der Waals surface area contributed by atoms with Crippen molar-refractivity contribution in [1.82, 2.24) is 0 Å². The van der Waals surface area contributed by atoms with Gasteiger partial charge in [-0.1, -0.05) is 29.8 Å². The van der Waals surface area contributed by atoms with Crippen molar-refractivity contribution in [2.45, 2.75) is 13.0 Å². The van der Waals surface area contributed by atoms with Crippen LogP contribution in [0.2, 0.25) is 5.02 Å². The van der Waals surface area contributed by atoms with Gasteiger partial charge in [0, 0.05) is 0 Å². The Kier molecular flexibility index (Phi) is 5.71. The summed E-state index contributed by atoms with van der Waals surface area (Å²) in [5, 5.41) is 2.79. The van der Waals surface area contributed by atoms with Crippen molar-refractivity contribution in [3.8, 4) is 5.75 Å². The predicted octanol–water partition coefficient (Wildman–Crippen LogP) is 2.80. The number of rotatable bonds is 8. The number of hydrogen-bond acceptors (Lipinski definition) is 2. The fourth-order valence-corrected chi connectivity index (χ4v) is 2.20. The molecular weight excluding hydrogens is 274 g/mol. The van der Waals surface area contributed by atoms with Gasteiger partial charge in [0.15, 0.2) is 5.76 Å². The van der Waals surface area contributed by atoms with Gasteiger partial charge in [0.1, 0.15) is 25.4 Å². The number of ether oxygens (including phenoxy) is 1. The van der Waals surface area contributed by atoms with E-state index in [0.29, 0.717) is 11.6 Å². The van der Waals surface area contributed by atoms with Crippen molar-refractivity contribution < 1.29 is 14.5 Å². The van der Waals surface area contributed by atoms with E-state index in [4.69, 9.17) is 20.8 Å². The number of benzene rings is 1. The number of nitrogens with two attached hydrogens (primary N) is 1. The zero-order valence-corrected chi connectivity index (χ0v) is 12.1. The summed E-state index contributed by atoms with van der Waals surface area (Å²) in [6.07, 6.45) is 4.29. The van der Waals surface area contributed by atoms with Crippen LogP contribution < -0.4 is 10.1 Å². The molecule has 0 unspecified atom stereocenters. The second kappa shape index (κ2) is 7.78. The van der Waals surface area contributed by atoms with E-state index in [-0.39, 0.29) is 0 Å². The van der Waals surface area contributed by atoms with E-state index in [9.17, 15) is 0 Å². The lowest BCUT2D eigenvalue weighted by Crippen LogP contribution is -2.83. The molecule has 2 rings (SSSR count). The molecule has 1 aromatic heterocycles. The summed E-state index contributed by atoms with van der Waals surface area (Å²) in [6, 6.07) is 9.64. The van der Waals surface area contributed by atoms with Gasteiger partial charge in [-0.15, -0.1) is 6.58 Å². The lowest BCUT2D eigenvalue weighted by Gasteiger charge is -2.11. The molecule has 0 bridgehead atoms. The first-order valence-electron chi connectivity index (χ1n) is 6.66. The molecule has 2 N–H and O–H groups in total. The number of hydrogen-bond donors (Lipinski definition) is 1. The summed E-state index contributed by atoms with van der Waals surface area (Å²) in [4.78, 5) is 0. The Labute approximate surface area is 124 Å². The minimum absolute atomic E-state index is 0.606. The maximum Gasteiger partial charge on any atom is 0.157 e. The third-order valence-electron chi connectivity index (χ3n) is 2.91. The van der Waals surface area contributed by atoms with Gasteiger partial charge in [-0.2, -0.15) is 0 Å². The van der Waals surface area contributed by atoms with Crippen LogP contribution in [0.3, 0.4) is 0 Å². The van der Waals surface area contributed by atoms with Crippen molar-refractivity contribution in [3.63, 3.8) is 0 Å². The largest absolute Gasteiger partial charge is 0.486 e. The molecule has 0 amide bonds. The van der Waals surface area contributed by atoms with Crippen LogP contribution in [0.5, 0.6) is 5.75 Å². The number of para-hydroxylation sites is 1. The quantitative estimate of drug-likeness (QED) is 0.600. The SMILES string of the molecule is C=CCc1cccc(Cl)c1OCC[NH2+]Cc1ccco1. The molecule has 0 spiro atoms. The summed E-state index contributed by atoms with van der Waals surface area (Å²) in [7, 11) is 0. The minimum atomic E-state index is 0.606. The molecule has 4 heteroatoms. The van der Waals surface area contributed by atoms with Crippen molar-refractivity contribution in [1.29, 1.82) is 0 Å². The van der Waals surface area contributed by atoms with Crippen molar-refractivity contribution in [2.75, 3.05) is 13.2 Å². The van der Waals surface area contributed by atoms with Crippen molar-refractivity contribution >= 4 is 11.6 Å². The Morgan fingerprint density at radius 3 is 2.95 bits per heavy atom. The standard InChI is InChI=1S/C16H18ClNO2/c1-2-5-13-6-3-8-15(17)16(13)20-11-9-18-12-14-7-4-10-19-14/h2-4,6-8,10,18H,1,5,9,11-12H2/p+1. The van der Waals surface area contributed by atoms with E-state index in [2.05, 4.69) is 11.9 Å². The van der Waals surface area contributed by atoms with E-state index in [1.54, 1.807) is 6.26 Å². The van der Waals surface area contributed by atoms with Gasteiger partial charge in [0.2, 0.25) is 0 Å². The first-order chi connectivity index (χ1) is 9.81. The molecule has 1 heterocycles. The molecule has 0 fully saturated rings. The first kappa shape index (κ1) is 14.7. The average Bonchev–Trinajstić information content (AvgIpc) is 2.94. The molecule has 106 valence electrons. The van der Waals surface area contributed by atoms with Crippen LogP contribution in [0.1, 0.15) is 11.3 Å². The summed E-state index contributed by atoms with van der Waals surface area (Å²) in [5.74, 6) is 1.73. The van der Waals surface area contributed by atoms with Gasteiger partial charge in [0.05, 0.1) is 11.3 Å². The van der Waals surface area contributed by atoms with Gasteiger partial charge in [0.25, 0.3) is 0 Å². The van der Waals surface area contributed by atoms with E-state index >= 15 is 0 Å². The summed E-state index contributed by atoms with van der Waals surface area (Å²) in [6.45, 7) is 6.02. The van der Waals surface area contributed by atoms with Crippen LogP contribution >= 0.6 is 11.6 Å². The van der Waals surface area contributed by atoms with E-state index in [1.165, 1.54) is 0 Å². The highest BCUT2D eigenvalue weighted by Gasteiger charge is 2.07. The molecule has 1 aromatic carbocycles. The fraction of sp³-hybridized carbons (Fsp3) is 0.250. The van der Waals surface area contributed by atoms with Gasteiger partial charge in [-0.3, -0.25) is 0 Å². The van der Waals surface area contributed by atoms with E-state index in [1.807, 2.05) is 36.4 Å². The molecule has 0 aliphatic carbocycles. The number of furan rings is 1. The summed E-state index contributed by atoms with van der Waals surface area (Å²) in [5.41, 5.74) is 1.07. The van der Waals surface area contributed by atoms with Crippen LogP contribution in [0.15, 0.2) is 53.7 Å². The molecular formula is C16H19ClNO2+. The summed E-state index contributed by atoms with van der Waals surface area (Å²) >= 11 is 6.17. The van der Waals surface area contributed by atoms with Gasteiger partial charge < -0.3 is 14.5 Å². The van der Waals surface area contributed by atoms with Gasteiger partial charge in [-0.05, 0) is 30.2 Å². The Hall–Kier alpha value is -1.71. The maximum atomic E-state index is 6.17. The Morgan fingerprint density at radius 2 is 2.20 bits per heavy atom. The normalized spacial score (nSPS) is 10.4. The second-order valence-electron chi connectivity index (χ2n) is 4.43. The topological polar surface area (TPSA) is 39.0 Å². The van der Waals surface area contributed by atoms with E-state index < -0.39 is 0 Å². The number of halogens is 1. The third kappa shape index (κ3) is 4.15. The molecule has 0 atom stereocenters. The molecule has 20 heavy (non-hydrogen) atoms. The fourth-order valence-electron chi connectivity index (χ4n) is 1.95. The first-order valence-corrected chi connectivity index (χ1v) is 7.04. The Balaban J connectivity index is 1.80. The van der Waals surface area contributed by atoms with Gasteiger partial charge in [-0.25, -0.2) is 0 Å². The highest BCUT2D eigenvalue weighted by Crippen LogP contribution is 2.28. The maximum absolute atomic E-state index is 6.17. The summed E-state index contributed by atoms with van der Waals surface area (Å²) < 4.78 is 11.1. The Bertz CT molecular complexity index is 537. The van der Waals surface area contributed by atoms with Crippen LogP contribution in [0, 0.1) is 0 Å². The molecule has 0 radical (unpaired) electrons. The smallest absolute Gasteiger partial charge is 0.157 e. The third-order valence-corrected chi connectivity index (χ3v) is 3.20. The molecule has 2 aromatic rings. The van der Waals surface area contributed by atoms with Crippen LogP contribution in [-0.2, 0) is 13.0 Å². The monoisotopic (exact) mass is 292 g/mol. The minimum Gasteiger partial charge on any atom is -0.486 e.